The number of hydrogen-bond donors (Lipinski definition) is 0. The lowest BCUT2D eigenvalue weighted by molar-refractivity contribution is -0.163. The largest absolute Gasteiger partial charge is 0.366 e. The number of nitrogens with zero attached hydrogens (tertiary/aromatic N) is 4. The molecule has 0 unspecified atom stereocenters. The van der Waals surface area contributed by atoms with E-state index in [0.717, 1.165) is 6.42 Å². The summed E-state index contributed by atoms with van der Waals surface area (Å²) in [4.78, 5) is 31.4. The molecule has 7 heteroatoms. The summed E-state index contributed by atoms with van der Waals surface area (Å²) in [5.41, 5.74) is 0. The van der Waals surface area contributed by atoms with Crippen molar-refractivity contribution in [3.05, 3.63) is 18.7 Å². The van der Waals surface area contributed by atoms with Gasteiger partial charge in [-0.15, -0.1) is 0 Å². The SMILES string of the molecule is CN1C(=O)CO[C@@H]2CCN(C(=O)Cn3ccnc3)C[C@@H]21. The second-order valence-corrected chi connectivity index (χ2v) is 5.28. The van der Waals surface area contributed by atoms with Gasteiger partial charge in [0.25, 0.3) is 0 Å². The lowest BCUT2D eigenvalue weighted by Gasteiger charge is -2.45. The van der Waals surface area contributed by atoms with Crippen molar-refractivity contribution in [2.24, 2.45) is 0 Å². The summed E-state index contributed by atoms with van der Waals surface area (Å²) in [5, 5.41) is 0. The van der Waals surface area contributed by atoms with Crippen LogP contribution in [0.25, 0.3) is 0 Å². The summed E-state index contributed by atoms with van der Waals surface area (Å²) in [7, 11) is 1.78. The van der Waals surface area contributed by atoms with Crippen LogP contribution in [0.1, 0.15) is 6.42 Å². The molecule has 7 nitrogen and oxygen atoms in total. The van der Waals surface area contributed by atoms with Crippen LogP contribution in [-0.2, 0) is 20.9 Å². The fraction of sp³-hybridized carbons (Fsp3) is 0.615. The van der Waals surface area contributed by atoms with Gasteiger partial charge in [-0.25, -0.2) is 4.98 Å². The van der Waals surface area contributed by atoms with Gasteiger partial charge in [-0.05, 0) is 6.42 Å². The highest BCUT2D eigenvalue weighted by Gasteiger charge is 2.39. The predicted octanol–water partition coefficient (Wildman–Crippen LogP) is -0.659. The summed E-state index contributed by atoms with van der Waals surface area (Å²) in [6.07, 6.45) is 5.88. The number of carbonyl (C=O) groups is 2. The van der Waals surface area contributed by atoms with E-state index >= 15 is 0 Å². The molecule has 1 aromatic heterocycles. The van der Waals surface area contributed by atoms with Crippen molar-refractivity contribution in [1.82, 2.24) is 19.4 Å². The molecule has 2 aliphatic rings. The Labute approximate surface area is 117 Å². The maximum absolute atomic E-state index is 12.3. The minimum Gasteiger partial charge on any atom is -0.366 e. The number of morpholine rings is 1. The molecule has 108 valence electrons. The van der Waals surface area contributed by atoms with Gasteiger partial charge >= 0.3 is 0 Å². The van der Waals surface area contributed by atoms with Crippen molar-refractivity contribution in [3.8, 4) is 0 Å². The molecule has 2 aliphatic heterocycles. The number of piperidine rings is 1. The normalized spacial score (nSPS) is 26.6. The summed E-state index contributed by atoms with van der Waals surface area (Å²) in [6, 6.07) is -0.0308. The molecule has 2 fully saturated rings. The van der Waals surface area contributed by atoms with E-state index in [4.69, 9.17) is 4.74 Å². The van der Waals surface area contributed by atoms with E-state index in [1.54, 1.807) is 40.1 Å². The van der Waals surface area contributed by atoms with E-state index in [-0.39, 0.29) is 37.1 Å². The van der Waals surface area contributed by atoms with E-state index < -0.39 is 0 Å². The Morgan fingerprint density at radius 1 is 1.55 bits per heavy atom. The minimum absolute atomic E-state index is 0.0184. The highest BCUT2D eigenvalue weighted by Crippen LogP contribution is 2.22. The number of likely N-dealkylation sites (N-methyl/N-ethyl adjacent to an activating group) is 1. The monoisotopic (exact) mass is 278 g/mol. The van der Waals surface area contributed by atoms with Crippen LogP contribution in [0.15, 0.2) is 18.7 Å². The van der Waals surface area contributed by atoms with Crippen LogP contribution in [0.2, 0.25) is 0 Å². The van der Waals surface area contributed by atoms with Crippen molar-refractivity contribution in [3.63, 3.8) is 0 Å². The number of fused-ring (bicyclic) bond motifs is 1. The Morgan fingerprint density at radius 2 is 2.40 bits per heavy atom. The van der Waals surface area contributed by atoms with Crippen molar-refractivity contribution < 1.29 is 14.3 Å². The maximum atomic E-state index is 12.3. The zero-order valence-electron chi connectivity index (χ0n) is 11.4. The molecule has 3 rings (SSSR count). The molecule has 20 heavy (non-hydrogen) atoms. The molecule has 2 atom stereocenters. The van der Waals surface area contributed by atoms with Crippen LogP contribution in [0.5, 0.6) is 0 Å². The Hall–Kier alpha value is -1.89. The first-order chi connectivity index (χ1) is 9.65. The number of imidazole rings is 1. The van der Waals surface area contributed by atoms with E-state index in [2.05, 4.69) is 4.98 Å². The summed E-state index contributed by atoms with van der Waals surface area (Å²) >= 11 is 0. The van der Waals surface area contributed by atoms with Crippen molar-refractivity contribution in [1.29, 1.82) is 0 Å². The molecule has 0 aliphatic carbocycles. The second-order valence-electron chi connectivity index (χ2n) is 5.28. The van der Waals surface area contributed by atoms with Gasteiger partial charge < -0.3 is 19.1 Å². The average molecular weight is 278 g/mol. The van der Waals surface area contributed by atoms with Gasteiger partial charge in [-0.3, -0.25) is 9.59 Å². The Morgan fingerprint density at radius 3 is 3.15 bits per heavy atom. The Bertz CT molecular complexity index is 502. The fourth-order valence-corrected chi connectivity index (χ4v) is 2.80. The van der Waals surface area contributed by atoms with Crippen molar-refractivity contribution >= 4 is 11.8 Å². The molecule has 0 aromatic carbocycles. The lowest BCUT2D eigenvalue weighted by atomic mass is 9.99. The Balaban J connectivity index is 1.64. The highest BCUT2D eigenvalue weighted by atomic mass is 16.5. The molecular formula is C13H18N4O3. The number of carbonyl (C=O) groups excluding carboxylic acids is 2. The topological polar surface area (TPSA) is 67.7 Å². The molecule has 0 bridgehead atoms. The summed E-state index contributed by atoms with van der Waals surface area (Å²) < 4.78 is 7.30. The van der Waals surface area contributed by atoms with Gasteiger partial charge in [0.05, 0.1) is 18.5 Å². The van der Waals surface area contributed by atoms with E-state index in [1.807, 2.05) is 0 Å². The molecule has 2 amide bonds. The highest BCUT2D eigenvalue weighted by molar-refractivity contribution is 5.79. The number of aromatic nitrogens is 2. The van der Waals surface area contributed by atoms with Gasteiger partial charge in [0, 0.05) is 32.5 Å². The second kappa shape index (κ2) is 5.24. The molecule has 0 saturated carbocycles. The molecule has 0 radical (unpaired) electrons. The van der Waals surface area contributed by atoms with E-state index in [0.29, 0.717) is 13.1 Å². The predicted molar refractivity (Wildman–Crippen MR) is 69.7 cm³/mol. The van der Waals surface area contributed by atoms with E-state index in [1.165, 1.54) is 0 Å². The van der Waals surface area contributed by atoms with Crippen LogP contribution in [-0.4, -0.2) is 70.1 Å². The molecule has 1 aromatic rings. The lowest BCUT2D eigenvalue weighted by Crippen LogP contribution is -2.61. The number of ether oxygens (including phenoxy) is 1. The van der Waals surface area contributed by atoms with Crippen LogP contribution in [0.4, 0.5) is 0 Å². The summed E-state index contributed by atoms with van der Waals surface area (Å²) in [6.45, 7) is 1.66. The molecule has 0 N–H and O–H groups in total. The number of amides is 2. The zero-order valence-corrected chi connectivity index (χ0v) is 11.4. The number of hydrogen-bond acceptors (Lipinski definition) is 4. The van der Waals surface area contributed by atoms with Crippen LogP contribution >= 0.6 is 0 Å². The first kappa shape index (κ1) is 13.1. The standard InChI is InChI=1S/C13H18N4O3/c1-15-10-6-17(4-2-11(10)20-8-13(15)19)12(18)7-16-5-3-14-9-16/h3,5,9-11H,2,4,6-8H2,1H3/t10-,11+/m0/s1. The quantitative estimate of drug-likeness (QED) is 0.720. The molecule has 3 heterocycles. The third-order valence-electron chi connectivity index (χ3n) is 4.06. The molecule has 0 spiro atoms. The zero-order chi connectivity index (χ0) is 14.1. The smallest absolute Gasteiger partial charge is 0.248 e. The van der Waals surface area contributed by atoms with Crippen molar-refractivity contribution in [2.75, 3.05) is 26.7 Å². The Kier molecular flexibility index (Phi) is 3.43. The maximum Gasteiger partial charge on any atom is 0.248 e. The third kappa shape index (κ3) is 2.40. The first-order valence-electron chi connectivity index (χ1n) is 6.76. The van der Waals surface area contributed by atoms with Gasteiger partial charge in [-0.1, -0.05) is 0 Å². The molecule has 2 saturated heterocycles. The van der Waals surface area contributed by atoms with Crippen molar-refractivity contribution in [2.45, 2.75) is 25.1 Å². The number of rotatable bonds is 2. The minimum atomic E-state index is -0.0308. The van der Waals surface area contributed by atoms with Crippen LogP contribution < -0.4 is 0 Å². The van der Waals surface area contributed by atoms with Crippen LogP contribution in [0.3, 0.4) is 0 Å². The van der Waals surface area contributed by atoms with Gasteiger partial charge in [-0.2, -0.15) is 0 Å². The summed E-state index contributed by atoms with van der Waals surface area (Å²) in [5.74, 6) is 0.0306. The first-order valence-corrected chi connectivity index (χ1v) is 6.76. The van der Waals surface area contributed by atoms with Gasteiger partial charge in [0.2, 0.25) is 11.8 Å². The van der Waals surface area contributed by atoms with E-state index in [9.17, 15) is 9.59 Å². The molecular weight excluding hydrogens is 260 g/mol. The third-order valence-corrected chi connectivity index (χ3v) is 4.06. The average Bonchev–Trinajstić information content (AvgIpc) is 2.95. The van der Waals surface area contributed by atoms with Crippen LogP contribution in [0, 0.1) is 0 Å². The van der Waals surface area contributed by atoms with Gasteiger partial charge in [0.1, 0.15) is 13.2 Å². The number of likely N-dealkylation sites (tertiary alicyclic amines) is 1. The van der Waals surface area contributed by atoms with Gasteiger partial charge in [0.15, 0.2) is 0 Å². The fourth-order valence-electron chi connectivity index (χ4n) is 2.80.